The maximum Gasteiger partial charge on any atom is 0.325 e. The van der Waals surface area contributed by atoms with Gasteiger partial charge in [0.2, 0.25) is 0 Å². The van der Waals surface area contributed by atoms with Gasteiger partial charge in [0.05, 0.1) is 25.8 Å². The third kappa shape index (κ3) is 4.87. The molecule has 1 heterocycles. The molecule has 1 aliphatic heterocycles. The van der Waals surface area contributed by atoms with Crippen molar-refractivity contribution in [3.05, 3.63) is 60.2 Å². The zero-order valence-electron chi connectivity index (χ0n) is 17.0. The smallest absolute Gasteiger partial charge is 0.325 e. The van der Waals surface area contributed by atoms with Crippen LogP contribution in [-0.4, -0.2) is 50.8 Å². The molecule has 6 heteroatoms. The van der Waals surface area contributed by atoms with Crippen LogP contribution in [0.5, 0.6) is 5.75 Å². The van der Waals surface area contributed by atoms with E-state index in [2.05, 4.69) is 28.0 Å². The molecule has 152 valence electrons. The molecule has 6 nitrogen and oxygen atoms in total. The Hall–Kier alpha value is -3.04. The summed E-state index contributed by atoms with van der Waals surface area (Å²) in [6.07, 6.45) is 0. The molecule has 1 saturated heterocycles. The second kappa shape index (κ2) is 9.94. The minimum atomic E-state index is -0.883. The van der Waals surface area contributed by atoms with Crippen molar-refractivity contribution in [3.63, 3.8) is 0 Å². The van der Waals surface area contributed by atoms with Gasteiger partial charge in [0.25, 0.3) is 0 Å². The van der Waals surface area contributed by atoms with Crippen LogP contribution >= 0.6 is 0 Å². The van der Waals surface area contributed by atoms with E-state index >= 15 is 0 Å². The van der Waals surface area contributed by atoms with Crippen LogP contribution in [-0.2, 0) is 9.53 Å². The summed E-state index contributed by atoms with van der Waals surface area (Å²) in [6, 6.07) is 19.7. The molecular formula is C23H27N3O3. The van der Waals surface area contributed by atoms with Crippen molar-refractivity contribution in [1.82, 2.24) is 4.90 Å². The highest BCUT2D eigenvalue weighted by Crippen LogP contribution is 2.32. The molecule has 0 radical (unpaired) electrons. The summed E-state index contributed by atoms with van der Waals surface area (Å²) in [7, 11) is 1.62. The van der Waals surface area contributed by atoms with E-state index in [1.54, 1.807) is 14.0 Å². The molecule has 29 heavy (non-hydrogen) atoms. The number of piperazine rings is 1. The second-order valence-electron chi connectivity index (χ2n) is 6.94. The summed E-state index contributed by atoms with van der Waals surface area (Å²) in [4.78, 5) is 17.1. The number of hydrogen-bond acceptors (Lipinski definition) is 6. The molecule has 0 saturated carbocycles. The first kappa shape index (κ1) is 20.7. The summed E-state index contributed by atoms with van der Waals surface area (Å²) >= 11 is 0. The first-order chi connectivity index (χ1) is 14.2. The van der Waals surface area contributed by atoms with Gasteiger partial charge in [-0.25, -0.2) is 0 Å². The second-order valence-corrected chi connectivity index (χ2v) is 6.94. The molecule has 0 amide bonds. The van der Waals surface area contributed by atoms with Crippen LogP contribution in [0, 0.1) is 17.2 Å². The Morgan fingerprint density at radius 3 is 2.28 bits per heavy atom. The Balaban J connectivity index is 1.83. The average molecular weight is 393 g/mol. The predicted molar refractivity (Wildman–Crippen MR) is 112 cm³/mol. The van der Waals surface area contributed by atoms with Gasteiger partial charge in [0.1, 0.15) is 5.75 Å². The van der Waals surface area contributed by atoms with Crippen molar-refractivity contribution < 1.29 is 14.3 Å². The molecule has 0 unspecified atom stereocenters. The molecule has 0 aliphatic carbocycles. The average Bonchev–Trinajstić information content (AvgIpc) is 2.78. The molecule has 1 fully saturated rings. The number of hydrogen-bond donors (Lipinski definition) is 0. The number of nitriles is 1. The van der Waals surface area contributed by atoms with Crippen molar-refractivity contribution in [2.24, 2.45) is 5.92 Å². The third-order valence-electron chi connectivity index (χ3n) is 5.28. The van der Waals surface area contributed by atoms with Crippen molar-refractivity contribution in [1.29, 1.82) is 5.26 Å². The molecule has 0 N–H and O–H groups in total. The highest BCUT2D eigenvalue weighted by molar-refractivity contribution is 5.76. The Labute approximate surface area is 172 Å². The number of ether oxygens (including phenoxy) is 2. The summed E-state index contributed by atoms with van der Waals surface area (Å²) in [5, 5.41) is 9.80. The molecule has 2 atom stereocenters. The number of esters is 1. The van der Waals surface area contributed by atoms with Crippen LogP contribution in [0.15, 0.2) is 54.6 Å². The minimum absolute atomic E-state index is 0.258. The number of carbonyl (C=O) groups is 1. The van der Waals surface area contributed by atoms with E-state index in [0.717, 1.165) is 37.5 Å². The number of carbonyl (C=O) groups excluding carboxylic acids is 1. The maximum atomic E-state index is 12.5. The third-order valence-corrected chi connectivity index (χ3v) is 5.28. The topological polar surface area (TPSA) is 65.8 Å². The lowest BCUT2D eigenvalue weighted by molar-refractivity contribution is -0.148. The lowest BCUT2D eigenvalue weighted by Gasteiger charge is -2.41. The Bertz CT molecular complexity index is 825. The lowest BCUT2D eigenvalue weighted by atomic mass is 9.91. The molecule has 0 bridgehead atoms. The molecule has 1 aliphatic rings. The number of benzene rings is 2. The van der Waals surface area contributed by atoms with Gasteiger partial charge in [-0.3, -0.25) is 9.69 Å². The van der Waals surface area contributed by atoms with Gasteiger partial charge < -0.3 is 14.4 Å². The number of nitrogens with zero attached hydrogens (tertiary/aromatic N) is 3. The fourth-order valence-corrected chi connectivity index (χ4v) is 3.80. The molecule has 3 rings (SSSR count). The SMILES string of the molecule is CCOC(=O)[C@@H](C#N)[C@H](c1ccc(OC)cc1)N1CCN(c2ccccc2)CC1. The molecule has 0 aromatic heterocycles. The van der Waals surface area contributed by atoms with Crippen molar-refractivity contribution in [2.75, 3.05) is 44.8 Å². The van der Waals surface area contributed by atoms with Crippen LogP contribution in [0.4, 0.5) is 5.69 Å². The first-order valence-electron chi connectivity index (χ1n) is 9.92. The fraction of sp³-hybridized carbons (Fsp3) is 0.391. The van der Waals surface area contributed by atoms with E-state index in [9.17, 15) is 10.1 Å². The van der Waals surface area contributed by atoms with Crippen LogP contribution in [0.1, 0.15) is 18.5 Å². The van der Waals surface area contributed by atoms with Crippen LogP contribution in [0.25, 0.3) is 0 Å². The fourth-order valence-electron chi connectivity index (χ4n) is 3.80. The van der Waals surface area contributed by atoms with E-state index in [4.69, 9.17) is 9.47 Å². The Morgan fingerprint density at radius 1 is 1.07 bits per heavy atom. The van der Waals surface area contributed by atoms with E-state index in [1.807, 2.05) is 42.5 Å². The summed E-state index contributed by atoms with van der Waals surface area (Å²) in [6.45, 7) is 5.18. The quantitative estimate of drug-likeness (QED) is 0.673. The van der Waals surface area contributed by atoms with Crippen molar-refractivity contribution >= 4 is 11.7 Å². The van der Waals surface area contributed by atoms with Gasteiger partial charge in [-0.2, -0.15) is 5.26 Å². The zero-order valence-corrected chi connectivity index (χ0v) is 17.0. The number of methoxy groups -OCH3 is 1. The number of para-hydroxylation sites is 1. The van der Waals surface area contributed by atoms with Crippen LogP contribution in [0.3, 0.4) is 0 Å². The first-order valence-corrected chi connectivity index (χ1v) is 9.92. The van der Waals surface area contributed by atoms with E-state index < -0.39 is 11.9 Å². The van der Waals surface area contributed by atoms with E-state index in [1.165, 1.54) is 5.69 Å². The monoisotopic (exact) mass is 393 g/mol. The lowest BCUT2D eigenvalue weighted by Crippen LogP contribution is -2.50. The van der Waals surface area contributed by atoms with Crippen LogP contribution < -0.4 is 9.64 Å². The Morgan fingerprint density at radius 2 is 1.72 bits per heavy atom. The van der Waals surface area contributed by atoms with Gasteiger partial charge in [-0.15, -0.1) is 0 Å². The molecule has 2 aromatic carbocycles. The van der Waals surface area contributed by atoms with E-state index in [0.29, 0.717) is 0 Å². The van der Waals surface area contributed by atoms with Gasteiger partial charge in [-0.05, 0) is 36.8 Å². The Kier molecular flexibility index (Phi) is 7.09. The summed E-state index contributed by atoms with van der Waals surface area (Å²) in [5.41, 5.74) is 2.11. The number of anilines is 1. The normalized spacial score (nSPS) is 16.5. The predicted octanol–water partition coefficient (Wildman–Crippen LogP) is 3.26. The molecule has 0 spiro atoms. The van der Waals surface area contributed by atoms with Gasteiger partial charge in [0, 0.05) is 31.9 Å². The zero-order chi connectivity index (χ0) is 20.6. The summed E-state index contributed by atoms with van der Waals surface area (Å²) in [5.74, 6) is -0.612. The van der Waals surface area contributed by atoms with Crippen molar-refractivity contribution in [2.45, 2.75) is 13.0 Å². The van der Waals surface area contributed by atoms with Crippen molar-refractivity contribution in [3.8, 4) is 11.8 Å². The van der Waals surface area contributed by atoms with Gasteiger partial charge >= 0.3 is 5.97 Å². The molecular weight excluding hydrogens is 366 g/mol. The highest BCUT2D eigenvalue weighted by atomic mass is 16.5. The molecule has 2 aromatic rings. The van der Waals surface area contributed by atoms with Crippen LogP contribution in [0.2, 0.25) is 0 Å². The van der Waals surface area contributed by atoms with E-state index in [-0.39, 0.29) is 12.6 Å². The number of rotatable bonds is 7. The largest absolute Gasteiger partial charge is 0.497 e. The van der Waals surface area contributed by atoms with Gasteiger partial charge in [-0.1, -0.05) is 30.3 Å². The van der Waals surface area contributed by atoms with Gasteiger partial charge in [0.15, 0.2) is 5.92 Å². The summed E-state index contributed by atoms with van der Waals surface area (Å²) < 4.78 is 10.5. The maximum absolute atomic E-state index is 12.5. The highest BCUT2D eigenvalue weighted by Gasteiger charge is 2.36. The standard InChI is InChI=1S/C23H27N3O3/c1-3-29-23(27)21(17-24)22(18-9-11-20(28-2)12-10-18)26-15-13-25(14-16-26)19-7-5-4-6-8-19/h4-12,21-22H,3,13-16H2,1-2H3/t21-,22-/m0/s1. The minimum Gasteiger partial charge on any atom is -0.497 e.